The van der Waals surface area contributed by atoms with Crippen molar-refractivity contribution in [1.82, 2.24) is 0 Å². The fraction of sp³-hybridized carbons (Fsp3) is 0.222. The Morgan fingerprint density at radius 2 is 2.00 bits per heavy atom. The van der Waals surface area contributed by atoms with E-state index in [1.165, 1.54) is 0 Å². The van der Waals surface area contributed by atoms with Gasteiger partial charge in [-0.2, -0.15) is 0 Å². The molecule has 0 aliphatic rings. The molecule has 62 valence electrons. The van der Waals surface area contributed by atoms with Gasteiger partial charge < -0.3 is 6.53 Å². The van der Waals surface area contributed by atoms with Gasteiger partial charge in [-0.05, 0) is 18.1 Å². The fourth-order valence-corrected chi connectivity index (χ4v) is 1.04. The molecule has 0 amide bonds. The van der Waals surface area contributed by atoms with Gasteiger partial charge in [0.15, 0.2) is 0 Å². The first-order chi connectivity index (χ1) is 5.25. The van der Waals surface area contributed by atoms with Crippen LogP contribution in [0.15, 0.2) is 24.3 Å². The molecule has 13 heavy (non-hydrogen) atoms. The van der Waals surface area contributed by atoms with E-state index >= 15 is 0 Å². The maximum atomic E-state index is 10.6. The molecule has 4 heteroatoms. The summed E-state index contributed by atoms with van der Waals surface area (Å²) in [7, 11) is 0. The molecule has 0 bridgehead atoms. The van der Waals surface area contributed by atoms with Gasteiger partial charge in [-0.1, -0.05) is 25.1 Å². The number of hydrogen-bond donors (Lipinski definition) is 1. The monoisotopic (exact) mass is 376 g/mol. The number of aryl methyl sites for hydroxylation is 1. The first-order valence-corrected chi connectivity index (χ1v) is 3.57. The van der Waals surface area contributed by atoms with E-state index in [1.54, 1.807) is 12.1 Å². The molecule has 0 aromatic heterocycles. The molecule has 0 radical (unpaired) electrons. The number of rotatable bonds is 2. The first kappa shape index (κ1) is 16.1. The predicted octanol–water partition coefficient (Wildman–Crippen LogP) is -0.939. The molecule has 0 aliphatic carbocycles. The van der Waals surface area contributed by atoms with Crippen molar-refractivity contribution in [2.75, 3.05) is 0 Å². The zero-order valence-electron chi connectivity index (χ0n) is 9.08. The second kappa shape index (κ2) is 7.98. The van der Waals surface area contributed by atoms with E-state index in [2.05, 4.69) is 0 Å². The van der Waals surface area contributed by atoms with E-state index in [1.807, 2.05) is 19.1 Å². The summed E-state index contributed by atoms with van der Waals surface area (Å²) in [5.74, 6) is -0.845. The average Bonchev–Trinajstić information content (AvgIpc) is 2.04. The summed E-state index contributed by atoms with van der Waals surface area (Å²) in [6.07, 6.45) is 0.766. The quantitative estimate of drug-likeness (QED) is 0.679. The molecule has 0 unspecified atom stereocenters. The Balaban J connectivity index is -0.000000403. The van der Waals surface area contributed by atoms with Gasteiger partial charge in [0.25, 0.3) is 0 Å². The maximum absolute atomic E-state index is 10.6. The van der Waals surface area contributed by atoms with E-state index in [9.17, 15) is 4.79 Å². The van der Waals surface area contributed by atoms with Gasteiger partial charge in [-0.25, -0.2) is 4.79 Å². The SMILES string of the molecule is CCc1ccccc1C(=O)O.[H-].[Hg].[Na+]. The summed E-state index contributed by atoms with van der Waals surface area (Å²) < 4.78 is 0. The topological polar surface area (TPSA) is 37.3 Å². The van der Waals surface area contributed by atoms with Crippen molar-refractivity contribution < 1.29 is 68.6 Å². The first-order valence-electron chi connectivity index (χ1n) is 3.57. The maximum Gasteiger partial charge on any atom is 1.00 e. The minimum absolute atomic E-state index is 0. The van der Waals surface area contributed by atoms with Crippen LogP contribution in [0.3, 0.4) is 0 Å². The van der Waals surface area contributed by atoms with Crippen LogP contribution in [0, 0.1) is 0 Å². The number of carboxylic acid groups (broad SMARTS) is 1. The van der Waals surface area contributed by atoms with Crippen LogP contribution in [-0.4, -0.2) is 11.1 Å². The Bertz CT molecular complexity index is 281. The van der Waals surface area contributed by atoms with E-state index in [4.69, 9.17) is 5.11 Å². The molecule has 0 atom stereocenters. The summed E-state index contributed by atoms with van der Waals surface area (Å²) in [6.45, 7) is 1.95. The molecule has 0 saturated carbocycles. The van der Waals surface area contributed by atoms with Crippen LogP contribution in [-0.2, 0) is 34.1 Å². The van der Waals surface area contributed by atoms with Crippen molar-refractivity contribution in [3.63, 3.8) is 0 Å². The Labute approximate surface area is 122 Å². The molecule has 0 aliphatic heterocycles. The van der Waals surface area contributed by atoms with Crippen LogP contribution in [0.1, 0.15) is 24.3 Å². The van der Waals surface area contributed by atoms with Crippen molar-refractivity contribution in [3.05, 3.63) is 35.4 Å². The van der Waals surface area contributed by atoms with Gasteiger partial charge in [0, 0.05) is 27.7 Å². The van der Waals surface area contributed by atoms with Crippen LogP contribution in [0.25, 0.3) is 0 Å². The average molecular weight is 375 g/mol. The number of carbonyl (C=O) groups is 1. The zero-order chi connectivity index (χ0) is 8.27. The summed E-state index contributed by atoms with van der Waals surface area (Å²) in [5.41, 5.74) is 1.30. The van der Waals surface area contributed by atoms with Crippen LogP contribution in [0.4, 0.5) is 0 Å². The predicted molar refractivity (Wildman–Crippen MR) is 43.9 cm³/mol. The Morgan fingerprint density at radius 1 is 1.46 bits per heavy atom. The van der Waals surface area contributed by atoms with Crippen LogP contribution in [0.5, 0.6) is 0 Å². The molecule has 1 aromatic carbocycles. The second-order valence-corrected chi connectivity index (χ2v) is 2.32. The summed E-state index contributed by atoms with van der Waals surface area (Å²) in [4.78, 5) is 10.6. The van der Waals surface area contributed by atoms with Crippen LogP contribution in [0.2, 0.25) is 0 Å². The minimum Gasteiger partial charge on any atom is -1.00 e. The number of aromatic carboxylic acids is 1. The Morgan fingerprint density at radius 3 is 2.38 bits per heavy atom. The third-order valence-electron chi connectivity index (χ3n) is 1.63. The van der Waals surface area contributed by atoms with Gasteiger partial charge >= 0.3 is 35.5 Å². The zero-order valence-corrected chi connectivity index (χ0v) is 15.6. The molecular weight excluding hydrogens is 364 g/mol. The molecule has 1 N–H and O–H groups in total. The third kappa shape index (κ3) is 4.59. The van der Waals surface area contributed by atoms with Crippen LogP contribution < -0.4 is 29.6 Å². The minimum atomic E-state index is -0.845. The van der Waals surface area contributed by atoms with Gasteiger partial charge in [0.1, 0.15) is 0 Å². The van der Waals surface area contributed by atoms with Crippen molar-refractivity contribution in [2.24, 2.45) is 0 Å². The summed E-state index contributed by atoms with van der Waals surface area (Å²) >= 11 is 0. The number of benzene rings is 1. The van der Waals surface area contributed by atoms with Gasteiger partial charge in [0.05, 0.1) is 5.56 Å². The number of hydrogen-bond acceptors (Lipinski definition) is 1. The largest absolute Gasteiger partial charge is 1.00 e. The van der Waals surface area contributed by atoms with Crippen LogP contribution >= 0.6 is 0 Å². The molecule has 0 heterocycles. The summed E-state index contributed by atoms with van der Waals surface area (Å²) in [6, 6.07) is 7.05. The van der Waals surface area contributed by atoms with E-state index in [0.29, 0.717) is 5.56 Å². The third-order valence-corrected chi connectivity index (χ3v) is 1.63. The van der Waals surface area contributed by atoms with Crippen molar-refractivity contribution in [2.45, 2.75) is 13.3 Å². The Hall–Kier alpha value is 0.625. The Kier molecular flexibility index (Phi) is 9.86. The van der Waals surface area contributed by atoms with E-state index in [-0.39, 0.29) is 58.7 Å². The van der Waals surface area contributed by atoms with Crippen molar-refractivity contribution in [3.8, 4) is 0 Å². The fourth-order valence-electron chi connectivity index (χ4n) is 1.04. The van der Waals surface area contributed by atoms with Gasteiger partial charge in [0.2, 0.25) is 0 Å². The molecule has 2 nitrogen and oxygen atoms in total. The second-order valence-electron chi connectivity index (χ2n) is 2.32. The normalized spacial score (nSPS) is 8.08. The van der Waals surface area contributed by atoms with Crippen molar-refractivity contribution >= 4 is 5.97 Å². The molecule has 1 aromatic rings. The molecule has 0 fully saturated rings. The van der Waals surface area contributed by atoms with Gasteiger partial charge in [-0.3, -0.25) is 0 Å². The van der Waals surface area contributed by atoms with Crippen molar-refractivity contribution in [1.29, 1.82) is 0 Å². The molecule has 1 rings (SSSR count). The van der Waals surface area contributed by atoms with E-state index in [0.717, 1.165) is 12.0 Å². The molecule has 0 saturated heterocycles. The van der Waals surface area contributed by atoms with E-state index < -0.39 is 5.97 Å². The molecule has 0 spiro atoms. The van der Waals surface area contributed by atoms with Gasteiger partial charge in [-0.15, -0.1) is 0 Å². The molecular formula is C9H11HgNaO2. The standard InChI is InChI=1S/C9H10O2.Hg.Na.H/c1-2-7-5-3-4-6-8(7)9(10)11;;;/h3-6H,2H2,1H3,(H,10,11);;;/q;;+1;-1. The number of carboxylic acids is 1. The smallest absolute Gasteiger partial charge is 1.00 e. The summed E-state index contributed by atoms with van der Waals surface area (Å²) in [5, 5.41) is 8.70.